The van der Waals surface area contributed by atoms with Crippen molar-refractivity contribution in [2.24, 2.45) is 17.4 Å². The molecule has 0 rings (SSSR count). The molecule has 0 saturated carbocycles. The number of carboxylic acid groups (broad SMARTS) is 1. The van der Waals surface area contributed by atoms with Gasteiger partial charge in [0.2, 0.25) is 17.7 Å². The van der Waals surface area contributed by atoms with E-state index in [4.69, 9.17) is 11.5 Å². The van der Waals surface area contributed by atoms with E-state index >= 15 is 0 Å². The van der Waals surface area contributed by atoms with Crippen LogP contribution in [0.2, 0.25) is 0 Å². The average Bonchev–Trinajstić information content (AvgIpc) is 2.59. The Hall–Kier alpha value is -2.20. The van der Waals surface area contributed by atoms with Crippen LogP contribution in [0, 0.1) is 5.92 Å². The number of carboxylic acids is 1. The van der Waals surface area contributed by atoms with Crippen LogP contribution in [0.4, 0.5) is 0 Å². The van der Waals surface area contributed by atoms with Gasteiger partial charge in [-0.15, -0.1) is 0 Å². The largest absolute Gasteiger partial charge is 0.480 e. The lowest BCUT2D eigenvalue weighted by atomic mass is 10.0. The first-order valence-corrected chi connectivity index (χ1v) is 9.10. The molecule has 0 aromatic carbocycles. The van der Waals surface area contributed by atoms with Gasteiger partial charge in [0.15, 0.2) is 0 Å². The Morgan fingerprint density at radius 1 is 0.852 bits per heavy atom. The Morgan fingerprint density at radius 3 is 1.78 bits per heavy atom. The van der Waals surface area contributed by atoms with Crippen LogP contribution < -0.4 is 27.4 Å². The highest BCUT2D eigenvalue weighted by molar-refractivity contribution is 5.93. The molecule has 0 radical (unpaired) electrons. The van der Waals surface area contributed by atoms with Crippen LogP contribution >= 0.6 is 0 Å². The third kappa shape index (κ3) is 9.34. The summed E-state index contributed by atoms with van der Waals surface area (Å²) in [6.45, 7) is 6.91. The van der Waals surface area contributed by atoms with Crippen LogP contribution in [0.5, 0.6) is 0 Å². The summed E-state index contributed by atoms with van der Waals surface area (Å²) in [6.07, 6.45) is 1.47. The third-order valence-corrected chi connectivity index (χ3v) is 4.09. The zero-order valence-corrected chi connectivity index (χ0v) is 16.5. The normalized spacial score (nSPS) is 15.4. The minimum absolute atomic E-state index is 0.0859. The van der Waals surface area contributed by atoms with E-state index in [1.807, 2.05) is 0 Å². The standard InChI is InChI=1S/C17H33N5O5/c1-9(2)13(19)16(25)21-10(3)14(23)20-11(4)15(24)22-12(17(26)27)7-5-6-8-18/h9-13H,5-8,18-19H2,1-4H3,(H,20,23)(H,21,25)(H,22,24)(H,26,27)/t10-,11-,12-,13-/m0/s1. The molecule has 4 atom stereocenters. The number of hydrogen-bond donors (Lipinski definition) is 6. The number of carbonyl (C=O) groups excluding carboxylic acids is 3. The first kappa shape index (κ1) is 24.8. The van der Waals surface area contributed by atoms with Gasteiger partial charge in [0.25, 0.3) is 0 Å². The van der Waals surface area contributed by atoms with E-state index in [9.17, 15) is 24.3 Å². The smallest absolute Gasteiger partial charge is 0.326 e. The van der Waals surface area contributed by atoms with Crippen molar-refractivity contribution < 1.29 is 24.3 Å². The van der Waals surface area contributed by atoms with E-state index in [1.54, 1.807) is 13.8 Å². The van der Waals surface area contributed by atoms with E-state index in [0.717, 1.165) is 0 Å². The van der Waals surface area contributed by atoms with Gasteiger partial charge in [-0.25, -0.2) is 4.79 Å². The minimum atomic E-state index is -1.15. The fourth-order valence-electron chi connectivity index (χ4n) is 2.13. The summed E-state index contributed by atoms with van der Waals surface area (Å²) < 4.78 is 0. The molecule has 0 spiro atoms. The zero-order chi connectivity index (χ0) is 21.1. The van der Waals surface area contributed by atoms with Crippen molar-refractivity contribution in [3.05, 3.63) is 0 Å². The van der Waals surface area contributed by atoms with Crippen LogP contribution in [0.1, 0.15) is 47.0 Å². The van der Waals surface area contributed by atoms with E-state index in [0.29, 0.717) is 19.4 Å². The predicted octanol–water partition coefficient (Wildman–Crippen LogP) is -1.32. The summed E-state index contributed by atoms with van der Waals surface area (Å²) in [5.74, 6) is -2.90. The summed E-state index contributed by atoms with van der Waals surface area (Å²) >= 11 is 0. The molecule has 0 aromatic rings. The lowest BCUT2D eigenvalue weighted by Gasteiger charge is -2.22. The predicted molar refractivity (Wildman–Crippen MR) is 100 cm³/mol. The molecule has 0 aliphatic rings. The van der Waals surface area contributed by atoms with Gasteiger partial charge in [0.05, 0.1) is 6.04 Å². The topological polar surface area (TPSA) is 177 Å². The summed E-state index contributed by atoms with van der Waals surface area (Å²) in [6, 6.07) is -3.65. The molecule has 27 heavy (non-hydrogen) atoms. The Bertz CT molecular complexity index is 526. The van der Waals surface area contributed by atoms with E-state index in [1.165, 1.54) is 13.8 Å². The monoisotopic (exact) mass is 387 g/mol. The average molecular weight is 387 g/mol. The van der Waals surface area contributed by atoms with Crippen molar-refractivity contribution in [3.63, 3.8) is 0 Å². The van der Waals surface area contributed by atoms with Crippen LogP contribution in [0.25, 0.3) is 0 Å². The number of nitrogens with one attached hydrogen (secondary N) is 3. The molecule has 0 bridgehead atoms. The van der Waals surface area contributed by atoms with Gasteiger partial charge in [0.1, 0.15) is 18.1 Å². The summed E-state index contributed by atoms with van der Waals surface area (Å²) in [4.78, 5) is 47.4. The lowest BCUT2D eigenvalue weighted by molar-refractivity contribution is -0.142. The molecular formula is C17H33N5O5. The van der Waals surface area contributed by atoms with Crippen molar-refractivity contribution in [2.75, 3.05) is 6.54 Å². The van der Waals surface area contributed by atoms with E-state index in [2.05, 4.69) is 16.0 Å². The van der Waals surface area contributed by atoms with Gasteiger partial charge in [-0.3, -0.25) is 14.4 Å². The number of amides is 3. The molecule has 0 aromatic heterocycles. The minimum Gasteiger partial charge on any atom is -0.480 e. The fraction of sp³-hybridized carbons (Fsp3) is 0.765. The van der Waals surface area contributed by atoms with Crippen LogP contribution in [-0.4, -0.2) is 59.5 Å². The molecule has 10 nitrogen and oxygen atoms in total. The van der Waals surface area contributed by atoms with Crippen molar-refractivity contribution >= 4 is 23.7 Å². The highest BCUT2D eigenvalue weighted by Crippen LogP contribution is 2.02. The molecule has 8 N–H and O–H groups in total. The number of carbonyl (C=O) groups is 4. The second-order valence-corrected chi connectivity index (χ2v) is 6.91. The number of unbranched alkanes of at least 4 members (excludes halogenated alkanes) is 1. The molecule has 0 heterocycles. The van der Waals surface area contributed by atoms with Gasteiger partial charge in [0, 0.05) is 0 Å². The molecule has 3 amide bonds. The maximum Gasteiger partial charge on any atom is 0.326 e. The summed E-state index contributed by atoms with van der Waals surface area (Å²) in [5.41, 5.74) is 11.1. The Kier molecular flexibility index (Phi) is 11.2. The molecular weight excluding hydrogens is 354 g/mol. The molecule has 0 aliphatic carbocycles. The molecule has 156 valence electrons. The van der Waals surface area contributed by atoms with Gasteiger partial charge in [-0.2, -0.15) is 0 Å². The number of rotatable bonds is 12. The van der Waals surface area contributed by atoms with Crippen molar-refractivity contribution in [2.45, 2.75) is 71.1 Å². The Labute approximate surface area is 159 Å². The van der Waals surface area contributed by atoms with Gasteiger partial charge >= 0.3 is 5.97 Å². The zero-order valence-electron chi connectivity index (χ0n) is 16.5. The summed E-state index contributed by atoms with van der Waals surface area (Å²) in [5, 5.41) is 16.5. The fourth-order valence-corrected chi connectivity index (χ4v) is 2.13. The van der Waals surface area contributed by atoms with Crippen molar-refractivity contribution in [1.29, 1.82) is 0 Å². The highest BCUT2D eigenvalue weighted by Gasteiger charge is 2.26. The maximum atomic E-state index is 12.1. The van der Waals surface area contributed by atoms with Crippen molar-refractivity contribution in [1.82, 2.24) is 16.0 Å². The van der Waals surface area contributed by atoms with E-state index < -0.39 is 47.9 Å². The maximum absolute atomic E-state index is 12.1. The third-order valence-electron chi connectivity index (χ3n) is 4.09. The number of hydrogen-bond acceptors (Lipinski definition) is 6. The van der Waals surface area contributed by atoms with Crippen molar-refractivity contribution in [3.8, 4) is 0 Å². The molecule has 10 heteroatoms. The lowest BCUT2D eigenvalue weighted by Crippen LogP contribution is -2.56. The van der Waals surface area contributed by atoms with Crippen LogP contribution in [-0.2, 0) is 19.2 Å². The summed E-state index contributed by atoms with van der Waals surface area (Å²) in [7, 11) is 0. The Morgan fingerprint density at radius 2 is 1.33 bits per heavy atom. The highest BCUT2D eigenvalue weighted by atomic mass is 16.4. The van der Waals surface area contributed by atoms with Crippen LogP contribution in [0.15, 0.2) is 0 Å². The van der Waals surface area contributed by atoms with Gasteiger partial charge < -0.3 is 32.5 Å². The first-order valence-electron chi connectivity index (χ1n) is 9.10. The number of aliphatic carboxylic acids is 1. The molecule has 0 saturated heterocycles. The second-order valence-electron chi connectivity index (χ2n) is 6.91. The SMILES string of the molecule is CC(C)[C@H](N)C(=O)N[C@@H](C)C(=O)N[C@@H](C)C(=O)N[C@@H](CCCCN)C(=O)O. The van der Waals surface area contributed by atoms with Gasteiger partial charge in [-0.1, -0.05) is 13.8 Å². The van der Waals surface area contributed by atoms with Gasteiger partial charge in [-0.05, 0) is 45.6 Å². The van der Waals surface area contributed by atoms with Crippen LogP contribution in [0.3, 0.4) is 0 Å². The molecule has 0 fully saturated rings. The first-order chi connectivity index (χ1) is 12.5. The second kappa shape index (κ2) is 12.2. The number of nitrogens with two attached hydrogens (primary N) is 2. The Balaban J connectivity index is 4.60. The quantitative estimate of drug-likeness (QED) is 0.225. The van der Waals surface area contributed by atoms with E-state index in [-0.39, 0.29) is 12.3 Å². The molecule has 0 aliphatic heterocycles. The molecule has 0 unspecified atom stereocenters.